The number of imide groups is 1. The number of methoxy groups -OCH3 is 1. The van der Waals surface area contributed by atoms with Crippen LogP contribution in [0.5, 0.6) is 0 Å². The van der Waals surface area contributed by atoms with Gasteiger partial charge in [0.1, 0.15) is 6.04 Å². The van der Waals surface area contributed by atoms with Crippen molar-refractivity contribution in [1.82, 2.24) is 15.1 Å². The average molecular weight is 457 g/mol. The van der Waals surface area contributed by atoms with Crippen molar-refractivity contribution in [2.75, 3.05) is 44.8 Å². The first kappa shape index (κ1) is 23.7. The molecule has 0 saturated carbocycles. The smallest absolute Gasteiger partial charge is 0.329 e. The van der Waals surface area contributed by atoms with Gasteiger partial charge in [-0.2, -0.15) is 0 Å². The molecule has 8 nitrogen and oxygen atoms in total. The number of benzene rings is 1. The monoisotopic (exact) mass is 456 g/mol. The summed E-state index contributed by atoms with van der Waals surface area (Å²) in [4.78, 5) is 44.1. The first-order chi connectivity index (χ1) is 16.1. The van der Waals surface area contributed by atoms with E-state index in [2.05, 4.69) is 10.2 Å². The maximum absolute atomic E-state index is 13.2. The van der Waals surface area contributed by atoms with E-state index in [-0.39, 0.29) is 18.2 Å². The molecule has 3 aliphatic heterocycles. The summed E-state index contributed by atoms with van der Waals surface area (Å²) in [6.07, 6.45) is 6.63. The molecule has 180 valence electrons. The summed E-state index contributed by atoms with van der Waals surface area (Å²) in [5, 5.41) is 2.74. The molecule has 4 amide bonds. The Balaban J connectivity index is 1.35. The highest BCUT2D eigenvalue weighted by Gasteiger charge is 2.39. The lowest BCUT2D eigenvalue weighted by Gasteiger charge is -2.45. The molecule has 0 aliphatic carbocycles. The number of hydrogen-bond acceptors (Lipinski definition) is 5. The average Bonchev–Trinajstić information content (AvgIpc) is 3.13. The number of hydrogen-bond donors (Lipinski definition) is 1. The maximum Gasteiger partial charge on any atom is 0.329 e. The van der Waals surface area contributed by atoms with Crippen LogP contribution in [-0.2, 0) is 14.3 Å². The zero-order valence-electron chi connectivity index (χ0n) is 19.6. The van der Waals surface area contributed by atoms with Crippen molar-refractivity contribution in [2.45, 2.75) is 57.0 Å². The van der Waals surface area contributed by atoms with Gasteiger partial charge in [-0.1, -0.05) is 24.6 Å². The molecule has 3 atom stereocenters. The van der Waals surface area contributed by atoms with Crippen LogP contribution in [-0.4, -0.2) is 79.6 Å². The van der Waals surface area contributed by atoms with E-state index in [1.54, 1.807) is 31.4 Å². The number of anilines is 1. The minimum Gasteiger partial charge on any atom is -0.383 e. The molecule has 33 heavy (non-hydrogen) atoms. The van der Waals surface area contributed by atoms with Gasteiger partial charge in [-0.3, -0.25) is 9.59 Å². The SMILES string of the molecule is COCCN(C[C@@H]1CCCN2CCCC[C@H]12)C(=O)CC[C@@H]1NC(=O)N(c2ccccc2)C1=O. The second-order valence-corrected chi connectivity index (χ2v) is 9.38. The Labute approximate surface area is 196 Å². The van der Waals surface area contributed by atoms with E-state index in [1.165, 1.54) is 38.8 Å². The fourth-order valence-electron chi connectivity index (χ4n) is 5.57. The lowest BCUT2D eigenvalue weighted by Crippen LogP contribution is -2.52. The van der Waals surface area contributed by atoms with Crippen LogP contribution in [0.15, 0.2) is 30.3 Å². The molecule has 3 heterocycles. The van der Waals surface area contributed by atoms with Crippen LogP contribution in [0.4, 0.5) is 10.5 Å². The van der Waals surface area contributed by atoms with Gasteiger partial charge in [0.25, 0.3) is 5.91 Å². The third-order valence-electron chi connectivity index (χ3n) is 7.28. The van der Waals surface area contributed by atoms with E-state index in [0.29, 0.717) is 37.2 Å². The number of fused-ring (bicyclic) bond motifs is 1. The number of carbonyl (C=O) groups is 3. The van der Waals surface area contributed by atoms with E-state index >= 15 is 0 Å². The number of urea groups is 1. The van der Waals surface area contributed by atoms with Crippen LogP contribution < -0.4 is 10.2 Å². The number of carbonyl (C=O) groups excluding carboxylic acids is 3. The Hall–Kier alpha value is -2.45. The molecule has 1 N–H and O–H groups in total. The summed E-state index contributed by atoms with van der Waals surface area (Å²) in [6, 6.07) is 8.35. The van der Waals surface area contributed by atoms with E-state index in [4.69, 9.17) is 4.74 Å². The van der Waals surface area contributed by atoms with Gasteiger partial charge in [0.15, 0.2) is 0 Å². The first-order valence-electron chi connectivity index (χ1n) is 12.3. The third-order valence-corrected chi connectivity index (χ3v) is 7.28. The van der Waals surface area contributed by atoms with E-state index in [9.17, 15) is 14.4 Å². The molecule has 3 aliphatic rings. The number of ether oxygens (including phenoxy) is 1. The largest absolute Gasteiger partial charge is 0.383 e. The van der Waals surface area contributed by atoms with Crippen molar-refractivity contribution in [3.8, 4) is 0 Å². The third kappa shape index (κ3) is 5.55. The van der Waals surface area contributed by atoms with Crippen LogP contribution in [0.3, 0.4) is 0 Å². The van der Waals surface area contributed by atoms with Crippen LogP contribution in [0.2, 0.25) is 0 Å². The number of rotatable bonds is 9. The Morgan fingerprint density at radius 3 is 2.70 bits per heavy atom. The Bertz CT molecular complexity index is 831. The first-order valence-corrected chi connectivity index (χ1v) is 12.3. The molecule has 1 aromatic rings. The molecular formula is C25H36N4O4. The number of piperidine rings is 2. The normalized spacial score (nSPS) is 25.6. The zero-order chi connectivity index (χ0) is 23.2. The molecule has 0 unspecified atom stereocenters. The molecular weight excluding hydrogens is 420 g/mol. The van der Waals surface area contributed by atoms with Crippen molar-refractivity contribution >= 4 is 23.5 Å². The molecule has 8 heteroatoms. The minimum absolute atomic E-state index is 0.0280. The summed E-state index contributed by atoms with van der Waals surface area (Å²) in [5.41, 5.74) is 0.546. The van der Waals surface area contributed by atoms with E-state index in [0.717, 1.165) is 17.9 Å². The van der Waals surface area contributed by atoms with Crippen molar-refractivity contribution in [3.05, 3.63) is 30.3 Å². The number of nitrogens with one attached hydrogen (secondary N) is 1. The molecule has 0 radical (unpaired) electrons. The minimum atomic E-state index is -0.672. The van der Waals surface area contributed by atoms with E-state index in [1.807, 2.05) is 11.0 Å². The van der Waals surface area contributed by atoms with Gasteiger partial charge in [0, 0.05) is 32.7 Å². The van der Waals surface area contributed by atoms with Crippen LogP contribution >= 0.6 is 0 Å². The predicted molar refractivity (Wildman–Crippen MR) is 126 cm³/mol. The van der Waals surface area contributed by atoms with Gasteiger partial charge in [-0.25, -0.2) is 9.69 Å². The zero-order valence-corrected chi connectivity index (χ0v) is 19.6. The van der Waals surface area contributed by atoms with Crippen LogP contribution in [0, 0.1) is 5.92 Å². The van der Waals surface area contributed by atoms with Crippen LogP contribution in [0.25, 0.3) is 0 Å². The maximum atomic E-state index is 13.2. The van der Waals surface area contributed by atoms with Crippen LogP contribution in [0.1, 0.15) is 44.9 Å². The van der Waals surface area contributed by atoms with Gasteiger partial charge in [0.05, 0.1) is 12.3 Å². The molecule has 3 fully saturated rings. The second-order valence-electron chi connectivity index (χ2n) is 9.38. The van der Waals surface area contributed by atoms with Gasteiger partial charge >= 0.3 is 6.03 Å². The summed E-state index contributed by atoms with van der Waals surface area (Å²) in [6.45, 7) is 4.14. The molecule has 0 spiro atoms. The molecule has 1 aromatic carbocycles. The second kappa shape index (κ2) is 11.1. The highest BCUT2D eigenvalue weighted by atomic mass is 16.5. The summed E-state index contributed by atoms with van der Waals surface area (Å²) >= 11 is 0. The fraction of sp³-hybridized carbons (Fsp3) is 0.640. The fourth-order valence-corrected chi connectivity index (χ4v) is 5.57. The van der Waals surface area contributed by atoms with Crippen molar-refractivity contribution in [2.24, 2.45) is 5.92 Å². The quantitative estimate of drug-likeness (QED) is 0.578. The summed E-state index contributed by atoms with van der Waals surface area (Å²) < 4.78 is 5.27. The van der Waals surface area contributed by atoms with Gasteiger partial charge in [0.2, 0.25) is 5.91 Å². The molecule has 0 aromatic heterocycles. The Morgan fingerprint density at radius 1 is 1.12 bits per heavy atom. The Morgan fingerprint density at radius 2 is 1.91 bits per heavy atom. The molecule has 0 bridgehead atoms. The topological polar surface area (TPSA) is 82.2 Å². The molecule has 3 saturated heterocycles. The van der Waals surface area contributed by atoms with Crippen molar-refractivity contribution in [1.29, 1.82) is 0 Å². The van der Waals surface area contributed by atoms with Crippen molar-refractivity contribution in [3.63, 3.8) is 0 Å². The number of amides is 4. The highest BCUT2D eigenvalue weighted by Crippen LogP contribution is 2.31. The Kier molecular flexibility index (Phi) is 7.98. The number of nitrogens with zero attached hydrogens (tertiary/aromatic N) is 3. The highest BCUT2D eigenvalue weighted by molar-refractivity contribution is 6.21. The van der Waals surface area contributed by atoms with E-state index < -0.39 is 12.1 Å². The lowest BCUT2D eigenvalue weighted by atomic mass is 9.83. The molecule has 4 rings (SSSR count). The van der Waals surface area contributed by atoms with Crippen molar-refractivity contribution < 1.29 is 19.1 Å². The van der Waals surface area contributed by atoms with Gasteiger partial charge < -0.3 is 19.9 Å². The number of para-hydroxylation sites is 1. The standard InChI is InChI=1S/C25H36N4O4/c1-33-17-16-28(18-19-8-7-15-27-14-6-5-11-22(19)27)23(30)13-12-21-24(31)29(25(32)26-21)20-9-3-2-4-10-20/h2-4,9-10,19,21-22H,5-8,11-18H2,1H3,(H,26,32)/t19-,21-,22+/m0/s1. The lowest BCUT2D eigenvalue weighted by molar-refractivity contribution is -0.133. The van der Waals surface area contributed by atoms with Gasteiger partial charge in [-0.05, 0) is 63.2 Å². The summed E-state index contributed by atoms with van der Waals surface area (Å²) in [5.74, 6) is 0.217. The summed E-state index contributed by atoms with van der Waals surface area (Å²) in [7, 11) is 1.65. The van der Waals surface area contributed by atoms with Gasteiger partial charge in [-0.15, -0.1) is 0 Å². The predicted octanol–water partition coefficient (Wildman–Crippen LogP) is 2.63.